The minimum Gasteiger partial charge on any atom is -0.424 e. The van der Waals surface area contributed by atoms with Gasteiger partial charge in [0.15, 0.2) is 11.2 Å². The fraction of sp³-hybridized carbons (Fsp3) is 0.200. The smallest absolute Gasteiger partial charge is 0.292 e. The quantitative estimate of drug-likeness (QED) is 0.512. The van der Waals surface area contributed by atoms with Crippen LogP contribution >= 0.6 is 0 Å². The zero-order valence-electron chi connectivity index (χ0n) is 12.8. The summed E-state index contributed by atoms with van der Waals surface area (Å²) in [5, 5.41) is 14.7. The summed E-state index contributed by atoms with van der Waals surface area (Å²) in [6.07, 6.45) is 1.38. The predicted molar refractivity (Wildman–Crippen MR) is 88.9 cm³/mol. The molecule has 3 heterocycles. The topological polar surface area (TPSA) is 142 Å². The van der Waals surface area contributed by atoms with Crippen molar-refractivity contribution in [3.8, 4) is 11.3 Å². The van der Waals surface area contributed by atoms with E-state index in [2.05, 4.69) is 20.1 Å². The van der Waals surface area contributed by atoms with Crippen molar-refractivity contribution in [2.45, 2.75) is 13.0 Å². The van der Waals surface area contributed by atoms with Gasteiger partial charge in [-0.3, -0.25) is 0 Å². The molecule has 5 N–H and O–H groups in total. The standard InChI is InChI=1S/C15H15N7O2/c1-7(5-23)22-14-11(13(16)18-6-19-14)12(21-22)8-2-3-10-9(4-8)20-15(17)24-10/h2-4,6-7,23H,5H2,1H3,(H2,17,20)(H2,16,18,19)/t7-/m1/s1. The van der Waals surface area contributed by atoms with E-state index in [1.165, 1.54) is 6.33 Å². The summed E-state index contributed by atoms with van der Waals surface area (Å²) in [7, 11) is 0. The summed E-state index contributed by atoms with van der Waals surface area (Å²) < 4.78 is 6.93. The van der Waals surface area contributed by atoms with Gasteiger partial charge >= 0.3 is 0 Å². The molecule has 0 spiro atoms. The van der Waals surface area contributed by atoms with Crippen LogP contribution in [0, 0.1) is 0 Å². The molecule has 1 aromatic carbocycles. The molecule has 1 atom stereocenters. The van der Waals surface area contributed by atoms with Gasteiger partial charge in [-0.1, -0.05) is 0 Å². The number of anilines is 2. The molecule has 0 fully saturated rings. The van der Waals surface area contributed by atoms with E-state index in [1.807, 2.05) is 19.1 Å². The maximum absolute atomic E-state index is 9.47. The molecule has 9 nitrogen and oxygen atoms in total. The Balaban J connectivity index is 2.00. The third-order valence-corrected chi connectivity index (χ3v) is 3.88. The third-order valence-electron chi connectivity index (χ3n) is 3.88. The fourth-order valence-corrected chi connectivity index (χ4v) is 2.67. The number of nitrogens with two attached hydrogens (primary N) is 2. The van der Waals surface area contributed by atoms with E-state index < -0.39 is 0 Å². The van der Waals surface area contributed by atoms with Gasteiger partial charge in [0, 0.05) is 5.56 Å². The lowest BCUT2D eigenvalue weighted by Gasteiger charge is -2.08. The zero-order valence-corrected chi connectivity index (χ0v) is 12.8. The minimum atomic E-state index is -0.248. The van der Waals surface area contributed by atoms with E-state index in [1.54, 1.807) is 10.7 Å². The Morgan fingerprint density at radius 3 is 2.92 bits per heavy atom. The molecule has 0 amide bonds. The van der Waals surface area contributed by atoms with Crippen LogP contribution in [0.2, 0.25) is 0 Å². The molecule has 24 heavy (non-hydrogen) atoms. The van der Waals surface area contributed by atoms with Gasteiger partial charge in [-0.05, 0) is 25.1 Å². The molecule has 0 aliphatic carbocycles. The molecule has 122 valence electrons. The number of aliphatic hydroxyl groups excluding tert-OH is 1. The molecule has 0 bridgehead atoms. The second kappa shape index (κ2) is 5.17. The number of rotatable bonds is 3. The number of hydrogen-bond donors (Lipinski definition) is 3. The summed E-state index contributed by atoms with van der Waals surface area (Å²) in [6, 6.07) is 5.29. The van der Waals surface area contributed by atoms with Crippen LogP contribution in [-0.2, 0) is 0 Å². The number of nitrogens with zero attached hydrogens (tertiary/aromatic N) is 5. The maximum Gasteiger partial charge on any atom is 0.292 e. The maximum atomic E-state index is 9.47. The van der Waals surface area contributed by atoms with E-state index in [0.29, 0.717) is 33.6 Å². The van der Waals surface area contributed by atoms with Crippen molar-refractivity contribution in [1.82, 2.24) is 24.7 Å². The highest BCUT2D eigenvalue weighted by molar-refractivity contribution is 5.99. The molecule has 9 heteroatoms. The third kappa shape index (κ3) is 2.06. The molecule has 0 saturated heterocycles. The van der Waals surface area contributed by atoms with Crippen LogP contribution < -0.4 is 11.5 Å². The first-order valence-corrected chi connectivity index (χ1v) is 7.34. The SMILES string of the molecule is C[C@H](CO)n1nc(-c2ccc3oc(N)nc3c2)c2c(N)ncnc21. The summed E-state index contributed by atoms with van der Waals surface area (Å²) in [4.78, 5) is 12.5. The van der Waals surface area contributed by atoms with E-state index in [-0.39, 0.29) is 18.7 Å². The van der Waals surface area contributed by atoms with Crippen LogP contribution in [-0.4, -0.2) is 36.4 Å². The molecule has 3 aromatic heterocycles. The molecule has 0 aliphatic heterocycles. The van der Waals surface area contributed by atoms with Crippen molar-refractivity contribution in [3.05, 3.63) is 24.5 Å². The van der Waals surface area contributed by atoms with E-state index in [4.69, 9.17) is 15.9 Å². The lowest BCUT2D eigenvalue weighted by Crippen LogP contribution is -2.11. The molecule has 0 unspecified atom stereocenters. The number of benzene rings is 1. The fourth-order valence-electron chi connectivity index (χ4n) is 2.67. The van der Waals surface area contributed by atoms with Gasteiger partial charge in [-0.25, -0.2) is 14.6 Å². The van der Waals surface area contributed by atoms with Crippen molar-refractivity contribution >= 4 is 34.0 Å². The Hall–Kier alpha value is -3.20. The summed E-state index contributed by atoms with van der Waals surface area (Å²) in [6.45, 7) is 1.77. The number of aromatic nitrogens is 5. The Bertz CT molecular complexity index is 1050. The lowest BCUT2D eigenvalue weighted by atomic mass is 10.1. The molecule has 4 aromatic rings. The van der Waals surface area contributed by atoms with Crippen molar-refractivity contribution in [2.24, 2.45) is 0 Å². The molecular weight excluding hydrogens is 310 g/mol. The second-order valence-corrected chi connectivity index (χ2v) is 5.52. The summed E-state index contributed by atoms with van der Waals surface area (Å²) in [5.74, 6) is 0.325. The number of aliphatic hydroxyl groups is 1. The van der Waals surface area contributed by atoms with Gasteiger partial charge in [-0.2, -0.15) is 10.1 Å². The van der Waals surface area contributed by atoms with Gasteiger partial charge in [0.2, 0.25) is 0 Å². The van der Waals surface area contributed by atoms with Crippen LogP contribution in [0.3, 0.4) is 0 Å². The number of nitrogen functional groups attached to an aromatic ring is 2. The summed E-state index contributed by atoms with van der Waals surface area (Å²) >= 11 is 0. The van der Waals surface area contributed by atoms with Crippen LogP contribution in [0.25, 0.3) is 33.4 Å². The first kappa shape index (κ1) is 14.4. The van der Waals surface area contributed by atoms with Crippen molar-refractivity contribution in [1.29, 1.82) is 0 Å². The predicted octanol–water partition coefficient (Wildman–Crippen LogP) is 1.35. The van der Waals surface area contributed by atoms with Gasteiger partial charge in [0.05, 0.1) is 18.0 Å². The highest BCUT2D eigenvalue weighted by atomic mass is 16.4. The Morgan fingerprint density at radius 2 is 2.12 bits per heavy atom. The zero-order chi connectivity index (χ0) is 16.8. The van der Waals surface area contributed by atoms with Crippen molar-refractivity contribution in [3.63, 3.8) is 0 Å². The van der Waals surface area contributed by atoms with Gasteiger partial charge in [0.1, 0.15) is 23.4 Å². The van der Waals surface area contributed by atoms with E-state index in [9.17, 15) is 5.11 Å². The van der Waals surface area contributed by atoms with Gasteiger partial charge in [0.25, 0.3) is 6.01 Å². The molecule has 4 rings (SSSR count). The van der Waals surface area contributed by atoms with Crippen LogP contribution in [0.1, 0.15) is 13.0 Å². The molecule has 0 saturated carbocycles. The average molecular weight is 325 g/mol. The average Bonchev–Trinajstić information content (AvgIpc) is 3.14. The second-order valence-electron chi connectivity index (χ2n) is 5.52. The first-order valence-electron chi connectivity index (χ1n) is 7.34. The number of hydrogen-bond acceptors (Lipinski definition) is 8. The highest BCUT2D eigenvalue weighted by Gasteiger charge is 2.20. The number of oxazole rings is 1. The largest absolute Gasteiger partial charge is 0.424 e. The van der Waals surface area contributed by atoms with E-state index in [0.717, 1.165) is 5.56 Å². The highest BCUT2D eigenvalue weighted by Crippen LogP contribution is 2.33. The molecule has 0 radical (unpaired) electrons. The Kier molecular flexibility index (Phi) is 3.10. The molecular formula is C15H15N7O2. The summed E-state index contributed by atoms with van der Waals surface area (Å²) in [5.41, 5.74) is 14.8. The van der Waals surface area contributed by atoms with Crippen LogP contribution in [0.4, 0.5) is 11.8 Å². The van der Waals surface area contributed by atoms with Crippen LogP contribution in [0.5, 0.6) is 0 Å². The van der Waals surface area contributed by atoms with E-state index >= 15 is 0 Å². The minimum absolute atomic E-state index is 0.0705. The van der Waals surface area contributed by atoms with Gasteiger partial charge < -0.3 is 21.0 Å². The van der Waals surface area contributed by atoms with Crippen molar-refractivity contribution < 1.29 is 9.52 Å². The van der Waals surface area contributed by atoms with Gasteiger partial charge in [-0.15, -0.1) is 0 Å². The lowest BCUT2D eigenvalue weighted by molar-refractivity contribution is 0.232. The molecule has 0 aliphatic rings. The Labute approximate surface area is 135 Å². The number of fused-ring (bicyclic) bond motifs is 2. The normalized spacial score (nSPS) is 12.9. The monoisotopic (exact) mass is 325 g/mol. The Morgan fingerprint density at radius 1 is 1.29 bits per heavy atom. The van der Waals surface area contributed by atoms with Crippen molar-refractivity contribution in [2.75, 3.05) is 18.1 Å². The first-order chi connectivity index (χ1) is 11.6. The van der Waals surface area contributed by atoms with Crippen LogP contribution in [0.15, 0.2) is 28.9 Å².